The molecule has 2 nitrogen and oxygen atoms in total. The quantitative estimate of drug-likeness (QED) is 0.702. The van der Waals surface area contributed by atoms with Crippen LogP contribution in [0.3, 0.4) is 0 Å². The van der Waals surface area contributed by atoms with Crippen molar-refractivity contribution in [1.82, 2.24) is 9.80 Å². The van der Waals surface area contributed by atoms with Crippen molar-refractivity contribution in [2.45, 2.75) is 44.9 Å². The van der Waals surface area contributed by atoms with Crippen LogP contribution in [0.1, 0.15) is 44.9 Å². The molecule has 0 spiro atoms. The Labute approximate surface area is 94.6 Å². The van der Waals surface area contributed by atoms with Gasteiger partial charge in [-0.25, -0.2) is 0 Å². The van der Waals surface area contributed by atoms with E-state index in [2.05, 4.69) is 16.3 Å². The summed E-state index contributed by atoms with van der Waals surface area (Å²) in [6, 6.07) is 0. The van der Waals surface area contributed by atoms with Crippen molar-refractivity contribution in [1.29, 1.82) is 0 Å². The summed E-state index contributed by atoms with van der Waals surface area (Å²) in [6.07, 6.45) is 9.80. The third-order valence-corrected chi connectivity index (χ3v) is 3.67. The van der Waals surface area contributed by atoms with Crippen LogP contribution < -0.4 is 0 Å². The van der Waals surface area contributed by atoms with Crippen LogP contribution in [0.4, 0.5) is 0 Å². The van der Waals surface area contributed by atoms with E-state index in [-0.39, 0.29) is 0 Å². The van der Waals surface area contributed by atoms with Crippen molar-refractivity contribution in [3.05, 3.63) is 6.54 Å². The van der Waals surface area contributed by atoms with E-state index in [0.29, 0.717) is 0 Å². The molecule has 0 amide bonds. The number of likely N-dealkylation sites (tertiary alicyclic amines) is 2. The monoisotopic (exact) mass is 209 g/mol. The fourth-order valence-corrected chi connectivity index (χ4v) is 2.71. The molecule has 0 unspecified atom stereocenters. The molecule has 2 saturated heterocycles. The number of nitrogens with zero attached hydrogens (tertiary/aromatic N) is 2. The van der Waals surface area contributed by atoms with Crippen LogP contribution in [0.15, 0.2) is 0 Å². The Morgan fingerprint density at radius 3 is 2.00 bits per heavy atom. The number of hydrogen-bond acceptors (Lipinski definition) is 2. The van der Waals surface area contributed by atoms with Crippen LogP contribution in [0.25, 0.3) is 0 Å². The van der Waals surface area contributed by atoms with Crippen LogP contribution in [-0.4, -0.2) is 42.5 Å². The maximum atomic E-state index is 2.63. The fourth-order valence-electron chi connectivity index (χ4n) is 2.71. The zero-order valence-electron chi connectivity index (χ0n) is 9.96. The summed E-state index contributed by atoms with van der Waals surface area (Å²) in [5.74, 6) is 0. The third-order valence-electron chi connectivity index (χ3n) is 3.67. The van der Waals surface area contributed by atoms with Gasteiger partial charge in [-0.05, 0) is 64.8 Å². The topological polar surface area (TPSA) is 6.48 Å². The molecule has 2 heteroatoms. The standard InChI is InChI=1S/C13H25N2/c1-3-8-14(9-4-1)12-7-13-15-10-5-2-6-11-15/h12H,1-11,13H2. The van der Waals surface area contributed by atoms with E-state index >= 15 is 0 Å². The van der Waals surface area contributed by atoms with Gasteiger partial charge in [-0.2, -0.15) is 0 Å². The van der Waals surface area contributed by atoms with E-state index < -0.39 is 0 Å². The van der Waals surface area contributed by atoms with Gasteiger partial charge in [0, 0.05) is 6.54 Å². The first-order chi connectivity index (χ1) is 7.45. The first-order valence-electron chi connectivity index (χ1n) is 6.75. The minimum atomic E-state index is 1.26. The molecule has 1 radical (unpaired) electrons. The molecule has 0 saturated carbocycles. The second-order valence-electron chi connectivity index (χ2n) is 4.97. The highest BCUT2D eigenvalue weighted by molar-refractivity contribution is 4.75. The predicted octanol–water partition coefficient (Wildman–Crippen LogP) is 2.51. The Morgan fingerprint density at radius 1 is 0.733 bits per heavy atom. The summed E-state index contributed by atoms with van der Waals surface area (Å²) in [5, 5.41) is 0. The van der Waals surface area contributed by atoms with Gasteiger partial charge in [0.1, 0.15) is 0 Å². The maximum Gasteiger partial charge on any atom is 0.0264 e. The smallest absolute Gasteiger partial charge is 0.0264 e. The lowest BCUT2D eigenvalue weighted by Crippen LogP contribution is -2.33. The normalized spacial score (nSPS) is 25.6. The van der Waals surface area contributed by atoms with Crippen LogP contribution in [0.5, 0.6) is 0 Å². The van der Waals surface area contributed by atoms with E-state index in [4.69, 9.17) is 0 Å². The summed E-state index contributed by atoms with van der Waals surface area (Å²) in [4.78, 5) is 5.16. The average Bonchev–Trinajstić information content (AvgIpc) is 2.32. The molecule has 0 aliphatic carbocycles. The van der Waals surface area contributed by atoms with Gasteiger partial charge in [0.05, 0.1) is 0 Å². The second-order valence-corrected chi connectivity index (χ2v) is 4.97. The summed E-state index contributed by atoms with van der Waals surface area (Å²) in [5.41, 5.74) is 0. The Morgan fingerprint density at radius 2 is 1.33 bits per heavy atom. The minimum Gasteiger partial charge on any atom is -0.303 e. The van der Waals surface area contributed by atoms with E-state index in [9.17, 15) is 0 Å². The van der Waals surface area contributed by atoms with Crippen molar-refractivity contribution in [3.8, 4) is 0 Å². The SMILES string of the molecule is [CH](CCN1CCCCC1)N1CCCCC1. The van der Waals surface area contributed by atoms with Crippen molar-refractivity contribution in [3.63, 3.8) is 0 Å². The highest BCUT2D eigenvalue weighted by atomic mass is 15.1. The molecular weight excluding hydrogens is 184 g/mol. The first-order valence-corrected chi connectivity index (χ1v) is 6.75. The fraction of sp³-hybridized carbons (Fsp3) is 0.923. The number of piperidine rings is 2. The van der Waals surface area contributed by atoms with Crippen molar-refractivity contribution < 1.29 is 0 Å². The zero-order chi connectivity index (χ0) is 10.3. The lowest BCUT2D eigenvalue weighted by molar-refractivity contribution is 0.212. The highest BCUT2D eigenvalue weighted by Crippen LogP contribution is 2.13. The molecule has 0 bridgehead atoms. The predicted molar refractivity (Wildman–Crippen MR) is 64.6 cm³/mol. The lowest BCUT2D eigenvalue weighted by Gasteiger charge is -2.29. The minimum absolute atomic E-state index is 1.26. The maximum absolute atomic E-state index is 2.63. The Hall–Kier alpha value is -0.0800. The van der Waals surface area contributed by atoms with Crippen molar-refractivity contribution in [2.24, 2.45) is 0 Å². The molecule has 2 fully saturated rings. The second kappa shape index (κ2) is 6.49. The largest absolute Gasteiger partial charge is 0.303 e. The first kappa shape index (κ1) is 11.4. The summed E-state index contributed by atoms with van der Waals surface area (Å²) >= 11 is 0. The lowest BCUT2D eigenvalue weighted by atomic mass is 10.1. The van der Waals surface area contributed by atoms with Gasteiger partial charge in [-0.3, -0.25) is 4.90 Å². The molecule has 0 aromatic carbocycles. The summed E-state index contributed by atoms with van der Waals surface area (Å²) in [6.45, 7) is 9.03. The number of hydrogen-bond donors (Lipinski definition) is 0. The van der Waals surface area contributed by atoms with Gasteiger partial charge in [0.2, 0.25) is 0 Å². The van der Waals surface area contributed by atoms with E-state index in [1.165, 1.54) is 77.7 Å². The zero-order valence-corrected chi connectivity index (χ0v) is 9.96. The molecule has 2 heterocycles. The van der Waals surface area contributed by atoms with Crippen molar-refractivity contribution >= 4 is 0 Å². The molecular formula is C13H25N2. The van der Waals surface area contributed by atoms with Crippen molar-refractivity contribution in [2.75, 3.05) is 32.7 Å². The molecule has 2 rings (SSSR count). The Balaban J connectivity index is 1.53. The average molecular weight is 209 g/mol. The summed E-state index contributed by atoms with van der Waals surface area (Å²) in [7, 11) is 0. The van der Waals surface area contributed by atoms with E-state index in [1.54, 1.807) is 0 Å². The van der Waals surface area contributed by atoms with Gasteiger partial charge in [0.25, 0.3) is 0 Å². The van der Waals surface area contributed by atoms with Gasteiger partial charge in [-0.1, -0.05) is 12.8 Å². The Kier molecular flexibility index (Phi) is 4.94. The molecule has 87 valence electrons. The molecule has 15 heavy (non-hydrogen) atoms. The van der Waals surface area contributed by atoms with Gasteiger partial charge in [0.15, 0.2) is 0 Å². The highest BCUT2D eigenvalue weighted by Gasteiger charge is 2.12. The molecule has 0 aromatic heterocycles. The van der Waals surface area contributed by atoms with Gasteiger partial charge >= 0.3 is 0 Å². The molecule has 0 aromatic rings. The third kappa shape index (κ3) is 4.12. The molecule has 0 N–H and O–H groups in total. The van der Waals surface area contributed by atoms with Crippen LogP contribution in [-0.2, 0) is 0 Å². The van der Waals surface area contributed by atoms with Gasteiger partial charge in [-0.15, -0.1) is 0 Å². The van der Waals surface area contributed by atoms with Gasteiger partial charge < -0.3 is 4.90 Å². The van der Waals surface area contributed by atoms with E-state index in [0.717, 1.165) is 0 Å². The summed E-state index contributed by atoms with van der Waals surface area (Å²) < 4.78 is 0. The van der Waals surface area contributed by atoms with Crippen LogP contribution >= 0.6 is 0 Å². The Bertz CT molecular complexity index is 140. The van der Waals surface area contributed by atoms with E-state index in [1.807, 2.05) is 0 Å². The molecule has 0 atom stereocenters. The molecule has 2 aliphatic heterocycles. The van der Waals surface area contributed by atoms with Crippen LogP contribution in [0, 0.1) is 6.54 Å². The van der Waals surface area contributed by atoms with Crippen LogP contribution in [0.2, 0.25) is 0 Å². The molecule has 2 aliphatic rings. The number of rotatable bonds is 4.